The van der Waals surface area contributed by atoms with Crippen molar-refractivity contribution < 1.29 is 14.6 Å². The smallest absolute Gasteiger partial charge is 0.205 e. The minimum Gasteiger partial charge on any atom is -0.494 e. The molecule has 0 amide bonds. The SMILES string of the molecule is COc1ccc(-n2cc3cc(Cl)cc(Cl)c3c2O)cc1OCCN1CCCCCC1. The maximum Gasteiger partial charge on any atom is 0.205 e. The van der Waals surface area contributed by atoms with E-state index in [1.807, 2.05) is 24.4 Å². The molecular formula is C23H26Cl2N2O3. The first-order valence-corrected chi connectivity index (χ1v) is 11.0. The summed E-state index contributed by atoms with van der Waals surface area (Å²) in [6.45, 7) is 3.74. The second kappa shape index (κ2) is 9.38. The molecule has 0 bridgehead atoms. The van der Waals surface area contributed by atoms with Crippen molar-refractivity contribution in [1.82, 2.24) is 9.47 Å². The third-order valence-electron chi connectivity index (χ3n) is 5.59. The summed E-state index contributed by atoms with van der Waals surface area (Å²) in [4.78, 5) is 2.46. The molecule has 2 aromatic carbocycles. The zero-order valence-electron chi connectivity index (χ0n) is 17.0. The first kappa shape index (κ1) is 21.2. The Morgan fingerprint density at radius 3 is 2.50 bits per heavy atom. The highest BCUT2D eigenvalue weighted by Crippen LogP contribution is 2.39. The van der Waals surface area contributed by atoms with E-state index in [-0.39, 0.29) is 5.88 Å². The molecular weight excluding hydrogens is 423 g/mol. The highest BCUT2D eigenvalue weighted by Gasteiger charge is 2.16. The molecule has 7 heteroatoms. The lowest BCUT2D eigenvalue weighted by Gasteiger charge is -2.20. The number of rotatable bonds is 6. The number of nitrogens with zero attached hydrogens (tertiary/aromatic N) is 2. The maximum absolute atomic E-state index is 10.8. The molecule has 0 saturated carbocycles. The number of methoxy groups -OCH3 is 1. The molecule has 1 aliphatic rings. The van der Waals surface area contributed by atoms with Crippen molar-refractivity contribution in [2.75, 3.05) is 33.4 Å². The van der Waals surface area contributed by atoms with Crippen molar-refractivity contribution in [3.8, 4) is 23.1 Å². The Kier molecular flexibility index (Phi) is 6.61. The van der Waals surface area contributed by atoms with Crippen LogP contribution in [0, 0.1) is 0 Å². The van der Waals surface area contributed by atoms with Crippen molar-refractivity contribution >= 4 is 34.0 Å². The van der Waals surface area contributed by atoms with Crippen molar-refractivity contribution in [2.24, 2.45) is 0 Å². The lowest BCUT2D eigenvalue weighted by molar-refractivity contribution is 0.209. The molecule has 3 aromatic rings. The summed E-state index contributed by atoms with van der Waals surface area (Å²) in [5.41, 5.74) is 0.751. The molecule has 0 spiro atoms. The number of likely N-dealkylation sites (tertiary alicyclic amines) is 1. The number of ether oxygens (including phenoxy) is 2. The average molecular weight is 449 g/mol. The van der Waals surface area contributed by atoms with Gasteiger partial charge in [0.2, 0.25) is 5.88 Å². The number of aromatic nitrogens is 1. The molecule has 160 valence electrons. The Labute approximate surface area is 186 Å². The zero-order chi connectivity index (χ0) is 21.1. The molecule has 1 aromatic heterocycles. The molecule has 0 atom stereocenters. The van der Waals surface area contributed by atoms with Crippen LogP contribution < -0.4 is 9.47 Å². The fourth-order valence-corrected chi connectivity index (χ4v) is 4.61. The molecule has 0 aliphatic carbocycles. The first-order valence-electron chi connectivity index (χ1n) is 10.3. The lowest BCUT2D eigenvalue weighted by atomic mass is 10.2. The van der Waals surface area contributed by atoms with Crippen molar-refractivity contribution in [3.63, 3.8) is 0 Å². The van der Waals surface area contributed by atoms with E-state index < -0.39 is 0 Å². The monoisotopic (exact) mass is 448 g/mol. The van der Waals surface area contributed by atoms with Crippen LogP contribution in [0.3, 0.4) is 0 Å². The number of hydrogen-bond donors (Lipinski definition) is 1. The van der Waals surface area contributed by atoms with Crippen LogP contribution in [0.25, 0.3) is 16.5 Å². The topological polar surface area (TPSA) is 46.9 Å². The van der Waals surface area contributed by atoms with Gasteiger partial charge in [0.1, 0.15) is 6.61 Å². The van der Waals surface area contributed by atoms with Crippen LogP contribution in [-0.4, -0.2) is 47.9 Å². The normalized spacial score (nSPS) is 15.3. The van der Waals surface area contributed by atoms with E-state index in [1.54, 1.807) is 23.8 Å². The van der Waals surface area contributed by atoms with E-state index in [4.69, 9.17) is 32.7 Å². The Bertz CT molecular complexity index is 1030. The third kappa shape index (κ3) is 4.48. The summed E-state index contributed by atoms with van der Waals surface area (Å²) >= 11 is 12.4. The fourth-order valence-electron chi connectivity index (χ4n) is 4.02. The van der Waals surface area contributed by atoms with Gasteiger partial charge in [0.15, 0.2) is 11.5 Å². The van der Waals surface area contributed by atoms with E-state index >= 15 is 0 Å². The molecule has 30 heavy (non-hydrogen) atoms. The van der Waals surface area contributed by atoms with Gasteiger partial charge in [-0.15, -0.1) is 0 Å². The number of benzene rings is 2. The summed E-state index contributed by atoms with van der Waals surface area (Å²) in [7, 11) is 1.62. The highest BCUT2D eigenvalue weighted by atomic mass is 35.5. The highest BCUT2D eigenvalue weighted by molar-refractivity contribution is 6.39. The second-order valence-corrected chi connectivity index (χ2v) is 8.46. The number of fused-ring (bicyclic) bond motifs is 1. The predicted octanol–water partition coefficient (Wildman–Crippen LogP) is 5.91. The van der Waals surface area contributed by atoms with Gasteiger partial charge in [-0.3, -0.25) is 9.47 Å². The van der Waals surface area contributed by atoms with Gasteiger partial charge in [0.05, 0.1) is 23.2 Å². The maximum atomic E-state index is 10.8. The summed E-state index contributed by atoms with van der Waals surface area (Å²) in [5.74, 6) is 1.37. The summed E-state index contributed by atoms with van der Waals surface area (Å²) in [6.07, 6.45) is 6.96. The van der Waals surface area contributed by atoms with Crippen LogP contribution >= 0.6 is 23.2 Å². The van der Waals surface area contributed by atoms with Gasteiger partial charge in [-0.05, 0) is 50.2 Å². The standard InChI is InChI=1S/C23H26Cl2N2O3/c1-29-20-7-6-18(14-21(20)30-11-10-26-8-4-2-3-5-9-26)27-15-16-12-17(24)13-19(25)22(16)23(27)28/h6-7,12-15,28H,2-5,8-11H2,1H3. The predicted molar refractivity (Wildman–Crippen MR) is 122 cm³/mol. The van der Waals surface area contributed by atoms with Crippen molar-refractivity contribution in [1.29, 1.82) is 0 Å². The van der Waals surface area contributed by atoms with Gasteiger partial charge in [-0.2, -0.15) is 0 Å². The third-order valence-corrected chi connectivity index (χ3v) is 6.11. The van der Waals surface area contributed by atoms with E-state index in [1.165, 1.54) is 25.7 Å². The van der Waals surface area contributed by atoms with E-state index in [2.05, 4.69) is 4.90 Å². The van der Waals surface area contributed by atoms with E-state index in [9.17, 15) is 5.11 Å². The number of aromatic hydroxyl groups is 1. The van der Waals surface area contributed by atoms with Crippen LogP contribution in [-0.2, 0) is 0 Å². The molecule has 1 N–H and O–H groups in total. The van der Waals surface area contributed by atoms with Gasteiger partial charge in [-0.1, -0.05) is 36.0 Å². The average Bonchev–Trinajstić information content (AvgIpc) is 2.89. The van der Waals surface area contributed by atoms with Gasteiger partial charge in [0.25, 0.3) is 0 Å². The molecule has 1 aliphatic heterocycles. The Morgan fingerprint density at radius 1 is 1.00 bits per heavy atom. The molecule has 0 radical (unpaired) electrons. The Morgan fingerprint density at radius 2 is 1.77 bits per heavy atom. The number of hydrogen-bond acceptors (Lipinski definition) is 4. The van der Waals surface area contributed by atoms with Gasteiger partial charge in [0, 0.05) is 29.2 Å². The van der Waals surface area contributed by atoms with Gasteiger partial charge in [-0.25, -0.2) is 0 Å². The Balaban J connectivity index is 1.57. The molecule has 2 heterocycles. The van der Waals surface area contributed by atoms with Crippen molar-refractivity contribution in [2.45, 2.75) is 25.7 Å². The van der Waals surface area contributed by atoms with Gasteiger partial charge >= 0.3 is 0 Å². The van der Waals surface area contributed by atoms with Crippen LogP contribution in [0.5, 0.6) is 17.4 Å². The van der Waals surface area contributed by atoms with Crippen LogP contribution in [0.15, 0.2) is 36.5 Å². The largest absolute Gasteiger partial charge is 0.494 e. The molecule has 1 saturated heterocycles. The number of halogens is 2. The zero-order valence-corrected chi connectivity index (χ0v) is 18.5. The van der Waals surface area contributed by atoms with E-state index in [0.29, 0.717) is 33.5 Å². The molecule has 0 unspecified atom stereocenters. The molecule has 4 rings (SSSR count). The minimum absolute atomic E-state index is 0.0624. The second-order valence-electron chi connectivity index (χ2n) is 7.61. The summed E-state index contributed by atoms with van der Waals surface area (Å²) < 4.78 is 13.2. The van der Waals surface area contributed by atoms with Crippen molar-refractivity contribution in [3.05, 3.63) is 46.6 Å². The first-order chi connectivity index (χ1) is 14.6. The van der Waals surface area contributed by atoms with Crippen LogP contribution in [0.1, 0.15) is 25.7 Å². The van der Waals surface area contributed by atoms with Gasteiger partial charge < -0.3 is 14.6 Å². The van der Waals surface area contributed by atoms with E-state index in [0.717, 1.165) is 30.7 Å². The molecule has 5 nitrogen and oxygen atoms in total. The quantitative estimate of drug-likeness (QED) is 0.509. The van der Waals surface area contributed by atoms with Crippen LogP contribution in [0.2, 0.25) is 10.0 Å². The molecule has 1 fully saturated rings. The lowest BCUT2D eigenvalue weighted by Crippen LogP contribution is -2.29. The van der Waals surface area contributed by atoms with Crippen LogP contribution in [0.4, 0.5) is 0 Å². The Hall–Kier alpha value is -2.08. The summed E-state index contributed by atoms with van der Waals surface area (Å²) in [5, 5.41) is 13.0. The summed E-state index contributed by atoms with van der Waals surface area (Å²) in [6, 6.07) is 8.99. The fraction of sp³-hybridized carbons (Fsp3) is 0.391. The minimum atomic E-state index is 0.0624.